The molecule has 0 spiro atoms. The molecule has 0 radical (unpaired) electrons. The SMILES string of the molecule is O=C(O)CC1COc2cc(O[C@@H]3CCc4c(Oc5ccc(Br)cc5)ccc(F)c43)ccc21. The zero-order valence-electron chi connectivity index (χ0n) is 17.0. The van der Waals surface area contributed by atoms with E-state index in [9.17, 15) is 9.18 Å². The topological polar surface area (TPSA) is 65.0 Å². The van der Waals surface area contributed by atoms with Crippen LogP contribution in [-0.2, 0) is 11.2 Å². The number of carboxylic acid groups (broad SMARTS) is 1. The lowest BCUT2D eigenvalue weighted by atomic mass is 9.98. The molecule has 1 aliphatic carbocycles. The van der Waals surface area contributed by atoms with E-state index in [0.717, 1.165) is 15.6 Å². The summed E-state index contributed by atoms with van der Waals surface area (Å²) >= 11 is 3.41. The molecule has 5 rings (SSSR count). The predicted octanol–water partition coefficient (Wildman–Crippen LogP) is 6.40. The van der Waals surface area contributed by atoms with E-state index in [2.05, 4.69) is 15.9 Å². The molecule has 164 valence electrons. The fourth-order valence-corrected chi connectivity index (χ4v) is 4.62. The van der Waals surface area contributed by atoms with E-state index in [4.69, 9.17) is 19.3 Å². The minimum Gasteiger partial charge on any atom is -0.492 e. The van der Waals surface area contributed by atoms with E-state index >= 15 is 0 Å². The van der Waals surface area contributed by atoms with Crippen LogP contribution in [0.15, 0.2) is 59.1 Å². The lowest BCUT2D eigenvalue weighted by molar-refractivity contribution is -0.137. The minimum atomic E-state index is -0.856. The molecule has 1 heterocycles. The van der Waals surface area contributed by atoms with Crippen LogP contribution in [0.1, 0.15) is 41.6 Å². The molecule has 2 aliphatic rings. The highest BCUT2D eigenvalue weighted by Gasteiger charge is 2.32. The Morgan fingerprint density at radius 1 is 1.12 bits per heavy atom. The number of benzene rings is 3. The van der Waals surface area contributed by atoms with Crippen molar-refractivity contribution in [1.82, 2.24) is 0 Å². The molecule has 3 aromatic rings. The smallest absolute Gasteiger partial charge is 0.304 e. The monoisotopic (exact) mass is 498 g/mol. The van der Waals surface area contributed by atoms with Crippen LogP contribution in [-0.4, -0.2) is 17.7 Å². The van der Waals surface area contributed by atoms with Gasteiger partial charge in [0.2, 0.25) is 0 Å². The molecule has 0 bridgehead atoms. The number of carboxylic acids is 1. The molecule has 7 heteroatoms. The normalized spacial score (nSPS) is 18.6. The van der Waals surface area contributed by atoms with Gasteiger partial charge in [-0.2, -0.15) is 0 Å². The second-order valence-electron chi connectivity index (χ2n) is 7.94. The summed E-state index contributed by atoms with van der Waals surface area (Å²) in [5.74, 6) is 1.16. The first-order valence-corrected chi connectivity index (χ1v) is 11.2. The molecule has 5 nitrogen and oxygen atoms in total. The van der Waals surface area contributed by atoms with Crippen molar-refractivity contribution >= 4 is 21.9 Å². The van der Waals surface area contributed by atoms with Gasteiger partial charge in [-0.05, 0) is 55.3 Å². The highest BCUT2D eigenvalue weighted by Crippen LogP contribution is 2.44. The number of hydrogen-bond acceptors (Lipinski definition) is 4. The third-order valence-electron chi connectivity index (χ3n) is 5.85. The number of hydrogen-bond donors (Lipinski definition) is 1. The van der Waals surface area contributed by atoms with Crippen molar-refractivity contribution in [2.24, 2.45) is 0 Å². The third-order valence-corrected chi connectivity index (χ3v) is 6.37. The molecule has 0 amide bonds. The lowest BCUT2D eigenvalue weighted by Crippen LogP contribution is -2.07. The Kier molecular flexibility index (Phi) is 5.51. The van der Waals surface area contributed by atoms with Gasteiger partial charge in [-0.15, -0.1) is 0 Å². The molecule has 0 aromatic heterocycles. The van der Waals surface area contributed by atoms with Gasteiger partial charge in [0.15, 0.2) is 0 Å². The van der Waals surface area contributed by atoms with Crippen LogP contribution in [0.25, 0.3) is 0 Å². The molecule has 0 saturated carbocycles. The van der Waals surface area contributed by atoms with Crippen LogP contribution in [0.3, 0.4) is 0 Å². The number of aliphatic carboxylic acids is 1. The van der Waals surface area contributed by atoms with Gasteiger partial charge in [0.05, 0.1) is 13.0 Å². The van der Waals surface area contributed by atoms with Gasteiger partial charge >= 0.3 is 5.97 Å². The predicted molar refractivity (Wildman–Crippen MR) is 119 cm³/mol. The van der Waals surface area contributed by atoms with Crippen molar-refractivity contribution in [2.45, 2.75) is 31.3 Å². The van der Waals surface area contributed by atoms with Gasteiger partial charge in [0.25, 0.3) is 0 Å². The second-order valence-corrected chi connectivity index (χ2v) is 8.86. The molecule has 1 aliphatic heterocycles. The molecule has 0 saturated heterocycles. The molecule has 3 aromatic carbocycles. The highest BCUT2D eigenvalue weighted by atomic mass is 79.9. The Labute approximate surface area is 192 Å². The van der Waals surface area contributed by atoms with Gasteiger partial charge < -0.3 is 19.3 Å². The quantitative estimate of drug-likeness (QED) is 0.426. The fourth-order valence-electron chi connectivity index (χ4n) is 4.36. The highest BCUT2D eigenvalue weighted by molar-refractivity contribution is 9.10. The molecular formula is C25H20BrFO5. The Morgan fingerprint density at radius 3 is 2.69 bits per heavy atom. The van der Waals surface area contributed by atoms with Crippen molar-refractivity contribution in [3.8, 4) is 23.0 Å². The number of halogens is 2. The summed E-state index contributed by atoms with van der Waals surface area (Å²) in [7, 11) is 0. The average Bonchev–Trinajstić information content (AvgIpc) is 3.36. The maximum Gasteiger partial charge on any atom is 0.304 e. The van der Waals surface area contributed by atoms with Crippen LogP contribution in [0, 0.1) is 5.82 Å². The van der Waals surface area contributed by atoms with Crippen molar-refractivity contribution in [2.75, 3.05) is 6.61 Å². The first-order valence-electron chi connectivity index (χ1n) is 10.4. The summed E-state index contributed by atoms with van der Waals surface area (Å²) in [5.41, 5.74) is 2.20. The standard InChI is InChI=1S/C25H20BrFO5/c26-15-1-3-16(4-2-15)31-21-10-8-20(27)25-19(21)7-9-22(25)32-17-5-6-18-14(11-24(28)29)13-30-23(18)12-17/h1-6,8,10,12,14,22H,7,9,11,13H2,(H,28,29)/t14?,22-/m1/s1. The third kappa shape index (κ3) is 4.05. The zero-order valence-corrected chi connectivity index (χ0v) is 18.6. The number of carbonyl (C=O) groups is 1. The van der Waals surface area contributed by atoms with Gasteiger partial charge in [-0.1, -0.05) is 22.0 Å². The van der Waals surface area contributed by atoms with Crippen LogP contribution < -0.4 is 14.2 Å². The van der Waals surface area contributed by atoms with Gasteiger partial charge in [0.1, 0.15) is 34.9 Å². The van der Waals surface area contributed by atoms with Crippen LogP contribution in [0.4, 0.5) is 4.39 Å². The molecule has 2 atom stereocenters. The fraction of sp³-hybridized carbons (Fsp3) is 0.240. The summed E-state index contributed by atoms with van der Waals surface area (Å²) in [6.07, 6.45) is 0.862. The minimum absolute atomic E-state index is 0.0234. The van der Waals surface area contributed by atoms with Crippen molar-refractivity contribution < 1.29 is 28.5 Å². The lowest BCUT2D eigenvalue weighted by Gasteiger charge is -2.17. The van der Waals surface area contributed by atoms with E-state index < -0.39 is 12.1 Å². The first-order chi connectivity index (χ1) is 15.5. The Balaban J connectivity index is 1.37. The van der Waals surface area contributed by atoms with Crippen LogP contribution in [0.2, 0.25) is 0 Å². The maximum absolute atomic E-state index is 14.8. The van der Waals surface area contributed by atoms with E-state index in [1.807, 2.05) is 30.3 Å². The molecule has 0 fully saturated rings. The van der Waals surface area contributed by atoms with Gasteiger partial charge in [-0.25, -0.2) is 4.39 Å². The van der Waals surface area contributed by atoms with Crippen LogP contribution >= 0.6 is 15.9 Å². The summed E-state index contributed by atoms with van der Waals surface area (Å²) in [6, 6.07) is 15.9. The Bertz CT molecular complexity index is 1180. The molecule has 1 unspecified atom stereocenters. The second kappa shape index (κ2) is 8.47. The van der Waals surface area contributed by atoms with Gasteiger partial charge in [0, 0.05) is 33.1 Å². The average molecular weight is 499 g/mol. The number of fused-ring (bicyclic) bond motifs is 2. The molecular weight excluding hydrogens is 479 g/mol. The van der Waals surface area contributed by atoms with E-state index in [0.29, 0.717) is 48.0 Å². The van der Waals surface area contributed by atoms with Crippen molar-refractivity contribution in [3.63, 3.8) is 0 Å². The van der Waals surface area contributed by atoms with Crippen molar-refractivity contribution in [3.05, 3.63) is 81.6 Å². The maximum atomic E-state index is 14.8. The van der Waals surface area contributed by atoms with Gasteiger partial charge in [-0.3, -0.25) is 4.79 Å². The summed E-state index contributed by atoms with van der Waals surface area (Å²) in [6.45, 7) is 0.336. The van der Waals surface area contributed by atoms with E-state index in [-0.39, 0.29) is 18.2 Å². The number of rotatable bonds is 6. The summed E-state index contributed by atoms with van der Waals surface area (Å²) in [5, 5.41) is 9.06. The summed E-state index contributed by atoms with van der Waals surface area (Å²) < 4.78 is 33.6. The van der Waals surface area contributed by atoms with E-state index in [1.54, 1.807) is 18.2 Å². The Morgan fingerprint density at radius 2 is 1.91 bits per heavy atom. The van der Waals surface area contributed by atoms with E-state index in [1.165, 1.54) is 6.07 Å². The van der Waals surface area contributed by atoms with Crippen molar-refractivity contribution in [1.29, 1.82) is 0 Å². The molecule has 32 heavy (non-hydrogen) atoms. The Hall–Kier alpha value is -3.06. The van der Waals surface area contributed by atoms with Crippen LogP contribution in [0.5, 0.6) is 23.0 Å². The largest absolute Gasteiger partial charge is 0.492 e. The molecule has 1 N–H and O–H groups in total. The zero-order chi connectivity index (χ0) is 22.2. The number of ether oxygens (including phenoxy) is 3. The summed E-state index contributed by atoms with van der Waals surface area (Å²) in [4.78, 5) is 11.0. The first kappa shape index (κ1) is 20.8.